The lowest BCUT2D eigenvalue weighted by atomic mass is 10.3. The van der Waals surface area contributed by atoms with E-state index in [2.05, 4.69) is 15.6 Å². The number of thiazole rings is 1. The molecule has 0 aliphatic rings. The Hall–Kier alpha value is -1.66. The highest BCUT2D eigenvalue weighted by Gasteiger charge is 2.14. The molecule has 1 unspecified atom stereocenters. The minimum Gasteiger partial charge on any atom is -0.456 e. The fourth-order valence-corrected chi connectivity index (χ4v) is 2.60. The predicted octanol–water partition coefficient (Wildman–Crippen LogP) is 3.22. The number of carbonyl (C=O) groups is 1. The van der Waals surface area contributed by atoms with E-state index in [9.17, 15) is 4.79 Å². The lowest BCUT2D eigenvalue weighted by Gasteiger charge is -2.08. The van der Waals surface area contributed by atoms with Crippen molar-refractivity contribution >= 4 is 22.4 Å². The van der Waals surface area contributed by atoms with Crippen LogP contribution in [0.15, 0.2) is 21.9 Å². The molecule has 1 amide bonds. The number of aryl methyl sites for hydroxylation is 1. The van der Waals surface area contributed by atoms with Gasteiger partial charge in [-0.05, 0) is 25.6 Å². The second-order valence-electron chi connectivity index (χ2n) is 4.43. The van der Waals surface area contributed by atoms with Gasteiger partial charge in [-0.1, -0.05) is 13.8 Å². The molecule has 1 atom stereocenters. The zero-order chi connectivity index (χ0) is 14.5. The number of hydrogen-bond donors (Lipinski definition) is 2. The summed E-state index contributed by atoms with van der Waals surface area (Å²) in [6.45, 7) is 6.96. The van der Waals surface area contributed by atoms with Crippen molar-refractivity contribution in [2.45, 2.75) is 33.2 Å². The van der Waals surface area contributed by atoms with E-state index in [4.69, 9.17) is 4.42 Å². The van der Waals surface area contributed by atoms with Gasteiger partial charge in [0, 0.05) is 17.8 Å². The maximum atomic E-state index is 12.0. The van der Waals surface area contributed by atoms with Gasteiger partial charge >= 0.3 is 0 Å². The van der Waals surface area contributed by atoms with E-state index < -0.39 is 0 Å². The van der Waals surface area contributed by atoms with Gasteiger partial charge < -0.3 is 9.73 Å². The molecule has 0 saturated carbocycles. The van der Waals surface area contributed by atoms with Gasteiger partial charge in [-0.3, -0.25) is 10.1 Å². The van der Waals surface area contributed by atoms with E-state index in [-0.39, 0.29) is 11.9 Å². The quantitative estimate of drug-likeness (QED) is 0.858. The minimum absolute atomic E-state index is 0.178. The summed E-state index contributed by atoms with van der Waals surface area (Å²) in [6, 6.07) is 3.68. The van der Waals surface area contributed by atoms with Crippen molar-refractivity contribution in [2.24, 2.45) is 0 Å². The van der Waals surface area contributed by atoms with Crippen molar-refractivity contribution in [2.75, 3.05) is 11.9 Å². The zero-order valence-corrected chi connectivity index (χ0v) is 12.7. The van der Waals surface area contributed by atoms with Crippen LogP contribution < -0.4 is 10.6 Å². The molecule has 0 spiro atoms. The molecule has 2 heterocycles. The second kappa shape index (κ2) is 6.67. The molecular formula is C14H19N3O2S. The van der Waals surface area contributed by atoms with Gasteiger partial charge in [-0.25, -0.2) is 4.98 Å². The highest BCUT2D eigenvalue weighted by atomic mass is 32.1. The molecule has 2 aromatic heterocycles. The summed E-state index contributed by atoms with van der Waals surface area (Å²) in [4.78, 5) is 16.4. The summed E-state index contributed by atoms with van der Waals surface area (Å²) >= 11 is 1.41. The van der Waals surface area contributed by atoms with Crippen molar-refractivity contribution in [3.05, 3.63) is 34.7 Å². The topological polar surface area (TPSA) is 67.2 Å². The summed E-state index contributed by atoms with van der Waals surface area (Å²) in [6.07, 6.45) is 0.773. The van der Waals surface area contributed by atoms with Crippen LogP contribution in [0.2, 0.25) is 0 Å². The van der Waals surface area contributed by atoms with Crippen molar-refractivity contribution < 1.29 is 9.21 Å². The molecule has 0 bridgehead atoms. The van der Waals surface area contributed by atoms with E-state index in [1.165, 1.54) is 11.3 Å². The first-order valence-electron chi connectivity index (χ1n) is 6.72. The average Bonchev–Trinajstić information content (AvgIpc) is 3.07. The Morgan fingerprint density at radius 3 is 2.90 bits per heavy atom. The van der Waals surface area contributed by atoms with Gasteiger partial charge in [0.15, 0.2) is 10.9 Å². The Bertz CT molecular complexity index is 576. The molecule has 5 nitrogen and oxygen atoms in total. The maximum absolute atomic E-state index is 12.0. The van der Waals surface area contributed by atoms with Crippen LogP contribution in [-0.2, 0) is 6.42 Å². The van der Waals surface area contributed by atoms with Crippen LogP contribution in [0.3, 0.4) is 0 Å². The van der Waals surface area contributed by atoms with Crippen LogP contribution in [0.1, 0.15) is 48.8 Å². The van der Waals surface area contributed by atoms with Gasteiger partial charge in [-0.15, -0.1) is 11.3 Å². The molecule has 108 valence electrons. The Morgan fingerprint density at radius 2 is 2.25 bits per heavy atom. The fraction of sp³-hybridized carbons (Fsp3) is 0.429. The number of carbonyl (C=O) groups excluding carboxylic acids is 1. The molecule has 20 heavy (non-hydrogen) atoms. The van der Waals surface area contributed by atoms with Crippen LogP contribution in [0.4, 0.5) is 5.13 Å². The number of nitrogens with zero attached hydrogens (tertiary/aromatic N) is 1. The standard InChI is InChI=1S/C14H19N3O2S/c1-4-10-6-7-12(19-10)13(18)17-14-16-11(8-20-14)9(3)15-5-2/h6-9,15H,4-5H2,1-3H3,(H,16,17,18). The van der Waals surface area contributed by atoms with E-state index in [0.29, 0.717) is 10.9 Å². The first kappa shape index (κ1) is 14.7. The van der Waals surface area contributed by atoms with Gasteiger partial charge in [0.2, 0.25) is 0 Å². The highest BCUT2D eigenvalue weighted by Crippen LogP contribution is 2.21. The van der Waals surface area contributed by atoms with Gasteiger partial charge in [0.05, 0.1) is 5.69 Å². The molecular weight excluding hydrogens is 274 g/mol. The Kier molecular flexibility index (Phi) is 4.92. The molecule has 0 aromatic carbocycles. The Balaban J connectivity index is 2.01. The molecule has 0 saturated heterocycles. The molecule has 6 heteroatoms. The summed E-state index contributed by atoms with van der Waals surface area (Å²) in [5, 5.41) is 8.58. The number of furan rings is 1. The van der Waals surface area contributed by atoms with Crippen LogP contribution in [0.5, 0.6) is 0 Å². The number of rotatable bonds is 6. The van der Waals surface area contributed by atoms with E-state index >= 15 is 0 Å². The average molecular weight is 293 g/mol. The van der Waals surface area contributed by atoms with Crippen LogP contribution in [0.25, 0.3) is 0 Å². The number of aromatic nitrogens is 1. The normalized spacial score (nSPS) is 12.3. The molecule has 2 rings (SSSR count). The smallest absolute Gasteiger partial charge is 0.293 e. The predicted molar refractivity (Wildman–Crippen MR) is 80.2 cm³/mol. The number of nitrogens with one attached hydrogen (secondary N) is 2. The molecule has 2 aromatic rings. The molecule has 0 radical (unpaired) electrons. The summed E-state index contributed by atoms with van der Waals surface area (Å²) in [5.74, 6) is 0.857. The fourth-order valence-electron chi connectivity index (χ4n) is 1.80. The lowest BCUT2D eigenvalue weighted by molar-refractivity contribution is 0.0995. The molecule has 0 fully saturated rings. The van der Waals surface area contributed by atoms with Crippen molar-refractivity contribution in [1.29, 1.82) is 0 Å². The van der Waals surface area contributed by atoms with Crippen molar-refractivity contribution in [3.63, 3.8) is 0 Å². The molecule has 2 N–H and O–H groups in total. The minimum atomic E-state index is -0.262. The largest absolute Gasteiger partial charge is 0.456 e. The Morgan fingerprint density at radius 1 is 1.45 bits per heavy atom. The maximum Gasteiger partial charge on any atom is 0.293 e. The number of anilines is 1. The van der Waals surface area contributed by atoms with Gasteiger partial charge in [0.25, 0.3) is 5.91 Å². The third-order valence-corrected chi connectivity index (χ3v) is 3.71. The highest BCUT2D eigenvalue weighted by molar-refractivity contribution is 7.14. The zero-order valence-electron chi connectivity index (χ0n) is 11.9. The van der Waals surface area contributed by atoms with E-state index in [0.717, 1.165) is 24.4 Å². The summed E-state index contributed by atoms with van der Waals surface area (Å²) < 4.78 is 5.41. The van der Waals surface area contributed by atoms with E-state index in [1.807, 2.05) is 32.2 Å². The van der Waals surface area contributed by atoms with E-state index in [1.54, 1.807) is 6.07 Å². The van der Waals surface area contributed by atoms with Crippen LogP contribution in [0, 0.1) is 0 Å². The summed E-state index contributed by atoms with van der Waals surface area (Å²) in [5.41, 5.74) is 0.931. The molecule has 0 aliphatic carbocycles. The number of amides is 1. The van der Waals surface area contributed by atoms with Crippen LogP contribution in [-0.4, -0.2) is 17.4 Å². The second-order valence-corrected chi connectivity index (χ2v) is 5.29. The third-order valence-electron chi connectivity index (χ3n) is 2.93. The van der Waals surface area contributed by atoms with Crippen LogP contribution >= 0.6 is 11.3 Å². The first-order chi connectivity index (χ1) is 9.63. The van der Waals surface area contributed by atoms with Gasteiger partial charge in [-0.2, -0.15) is 0 Å². The third kappa shape index (κ3) is 3.46. The van der Waals surface area contributed by atoms with Crippen molar-refractivity contribution in [3.8, 4) is 0 Å². The lowest BCUT2D eigenvalue weighted by Crippen LogP contribution is -2.18. The monoisotopic (exact) mass is 293 g/mol. The van der Waals surface area contributed by atoms with Gasteiger partial charge in [0.1, 0.15) is 5.76 Å². The van der Waals surface area contributed by atoms with Crippen molar-refractivity contribution in [1.82, 2.24) is 10.3 Å². The number of hydrogen-bond acceptors (Lipinski definition) is 5. The first-order valence-corrected chi connectivity index (χ1v) is 7.60. The Labute approximate surface area is 122 Å². The summed E-state index contributed by atoms with van der Waals surface area (Å²) in [7, 11) is 0. The SMILES string of the molecule is CCNC(C)c1csc(NC(=O)c2ccc(CC)o2)n1. The molecule has 0 aliphatic heterocycles.